The van der Waals surface area contributed by atoms with E-state index < -0.39 is 0 Å². The molecule has 4 aromatic rings. The molecule has 1 amide bonds. The lowest BCUT2D eigenvalue weighted by molar-refractivity contribution is -0.132. The highest BCUT2D eigenvalue weighted by Gasteiger charge is 2.21. The van der Waals surface area contributed by atoms with E-state index in [0.29, 0.717) is 24.1 Å². The van der Waals surface area contributed by atoms with Crippen LogP contribution < -0.4 is 5.56 Å². The van der Waals surface area contributed by atoms with Crippen molar-refractivity contribution in [1.82, 2.24) is 24.2 Å². The molecule has 2 aromatic carbocycles. The van der Waals surface area contributed by atoms with Gasteiger partial charge in [0.25, 0.3) is 5.56 Å². The molecule has 0 N–H and O–H groups in total. The van der Waals surface area contributed by atoms with Crippen LogP contribution in [0.2, 0.25) is 0 Å². The van der Waals surface area contributed by atoms with Crippen molar-refractivity contribution >= 4 is 16.9 Å². The van der Waals surface area contributed by atoms with Gasteiger partial charge in [-0.05, 0) is 36.6 Å². The number of nitrogens with zero attached hydrogens (tertiary/aromatic N) is 5. The Balaban J connectivity index is 1.40. The summed E-state index contributed by atoms with van der Waals surface area (Å²) in [5.74, 6) is -0.0846. The number of aryl methyl sites for hydroxylation is 1. The van der Waals surface area contributed by atoms with Gasteiger partial charge in [-0.15, -0.1) is 0 Å². The quantitative estimate of drug-likeness (QED) is 0.531. The first kappa shape index (κ1) is 18.3. The highest BCUT2D eigenvalue weighted by molar-refractivity contribution is 5.78. The largest absolute Gasteiger partial charge is 0.336 e. The third-order valence-electron chi connectivity index (χ3n) is 5.62. The Morgan fingerprint density at radius 2 is 1.83 bits per heavy atom. The minimum atomic E-state index is -0.260. The van der Waals surface area contributed by atoms with E-state index >= 15 is 0 Å². The van der Waals surface area contributed by atoms with Crippen LogP contribution in [-0.2, 0) is 24.3 Å². The number of hydrogen-bond acceptors (Lipinski definition) is 4. The Morgan fingerprint density at radius 3 is 2.63 bits per heavy atom. The fourth-order valence-corrected chi connectivity index (χ4v) is 3.89. The monoisotopic (exact) mass is 399 g/mol. The first-order valence-corrected chi connectivity index (χ1v) is 9.95. The van der Waals surface area contributed by atoms with E-state index in [0.717, 1.165) is 23.2 Å². The fraction of sp³-hybridized carbons (Fsp3) is 0.217. The van der Waals surface area contributed by atoms with Gasteiger partial charge in [-0.2, -0.15) is 5.10 Å². The predicted octanol–water partition coefficient (Wildman–Crippen LogP) is 2.48. The standard InChI is InChI=1S/C23H21N5O2/c1-16-6-8-19(9-7-16)28-22-20(12-25-28)23(30)27(15-24-22)14-21(29)26-11-10-17-4-2-3-5-18(17)13-26/h2-9,12,15H,10-11,13-14H2,1H3. The van der Waals surface area contributed by atoms with Crippen molar-refractivity contribution in [3.05, 3.63) is 88.1 Å². The molecular formula is C23H21N5O2. The smallest absolute Gasteiger partial charge is 0.264 e. The van der Waals surface area contributed by atoms with Crippen LogP contribution >= 0.6 is 0 Å². The van der Waals surface area contributed by atoms with E-state index in [2.05, 4.69) is 16.1 Å². The molecule has 0 fully saturated rings. The second-order valence-electron chi connectivity index (χ2n) is 7.64. The van der Waals surface area contributed by atoms with Gasteiger partial charge in [0, 0.05) is 13.1 Å². The molecule has 3 heterocycles. The van der Waals surface area contributed by atoms with Gasteiger partial charge in [0.1, 0.15) is 18.3 Å². The first-order chi connectivity index (χ1) is 14.6. The predicted molar refractivity (Wildman–Crippen MR) is 113 cm³/mol. The molecule has 150 valence electrons. The van der Waals surface area contributed by atoms with Gasteiger partial charge in [0.15, 0.2) is 5.65 Å². The van der Waals surface area contributed by atoms with Crippen LogP contribution in [0.15, 0.2) is 65.8 Å². The summed E-state index contributed by atoms with van der Waals surface area (Å²) in [6.45, 7) is 3.22. The molecule has 0 saturated heterocycles. The zero-order valence-corrected chi connectivity index (χ0v) is 16.7. The molecule has 5 rings (SSSR count). The Kier molecular flexibility index (Phi) is 4.43. The average Bonchev–Trinajstić information content (AvgIpc) is 3.20. The number of amides is 1. The number of benzene rings is 2. The summed E-state index contributed by atoms with van der Waals surface area (Å²) >= 11 is 0. The Bertz CT molecular complexity index is 1300. The number of hydrogen-bond donors (Lipinski definition) is 0. The molecule has 0 atom stereocenters. The molecule has 1 aliphatic heterocycles. The first-order valence-electron chi connectivity index (χ1n) is 9.95. The van der Waals surface area contributed by atoms with E-state index in [1.165, 1.54) is 22.7 Å². The summed E-state index contributed by atoms with van der Waals surface area (Å²) in [6, 6.07) is 16.0. The van der Waals surface area contributed by atoms with Crippen molar-refractivity contribution in [1.29, 1.82) is 0 Å². The lowest BCUT2D eigenvalue weighted by Crippen LogP contribution is -2.39. The SMILES string of the molecule is Cc1ccc(-n2ncc3c(=O)n(CC(=O)N4CCc5ccccc5C4)cnc32)cc1. The number of aromatic nitrogens is 4. The summed E-state index contributed by atoms with van der Waals surface area (Å²) in [5.41, 5.74) is 4.65. The van der Waals surface area contributed by atoms with Crippen LogP contribution in [-0.4, -0.2) is 36.7 Å². The van der Waals surface area contributed by atoms with Crippen molar-refractivity contribution in [3.8, 4) is 5.69 Å². The lowest BCUT2D eigenvalue weighted by Gasteiger charge is -2.29. The summed E-state index contributed by atoms with van der Waals surface area (Å²) < 4.78 is 3.01. The van der Waals surface area contributed by atoms with E-state index in [9.17, 15) is 9.59 Å². The molecule has 1 aliphatic rings. The molecule has 0 spiro atoms. The van der Waals surface area contributed by atoms with Crippen molar-refractivity contribution in [2.45, 2.75) is 26.4 Å². The minimum absolute atomic E-state index is 0.0281. The number of carbonyl (C=O) groups excluding carboxylic acids is 1. The molecule has 0 saturated carbocycles. The third kappa shape index (κ3) is 3.18. The summed E-state index contributed by atoms with van der Waals surface area (Å²) in [4.78, 5) is 32.0. The number of rotatable bonds is 3. The average molecular weight is 399 g/mol. The molecular weight excluding hydrogens is 378 g/mol. The van der Waals surface area contributed by atoms with Gasteiger partial charge < -0.3 is 4.90 Å². The van der Waals surface area contributed by atoms with Crippen molar-refractivity contribution in [2.75, 3.05) is 6.54 Å². The van der Waals surface area contributed by atoms with Crippen molar-refractivity contribution in [3.63, 3.8) is 0 Å². The second kappa shape index (κ2) is 7.26. The van der Waals surface area contributed by atoms with E-state index in [-0.39, 0.29) is 18.0 Å². The zero-order chi connectivity index (χ0) is 20.7. The van der Waals surface area contributed by atoms with Crippen LogP contribution in [0.4, 0.5) is 0 Å². The molecule has 0 aliphatic carbocycles. The normalized spacial score (nSPS) is 13.4. The van der Waals surface area contributed by atoms with Crippen molar-refractivity contribution in [2.24, 2.45) is 0 Å². The highest BCUT2D eigenvalue weighted by atomic mass is 16.2. The van der Waals surface area contributed by atoms with Gasteiger partial charge in [-0.25, -0.2) is 9.67 Å². The van der Waals surface area contributed by atoms with Crippen molar-refractivity contribution < 1.29 is 4.79 Å². The van der Waals surface area contributed by atoms with E-state index in [1.54, 1.807) is 9.58 Å². The van der Waals surface area contributed by atoms with Crippen LogP contribution in [0.5, 0.6) is 0 Å². The molecule has 0 bridgehead atoms. The van der Waals surface area contributed by atoms with Gasteiger partial charge in [0.05, 0.1) is 11.9 Å². The Hall–Kier alpha value is -3.74. The molecule has 7 heteroatoms. The Morgan fingerprint density at radius 1 is 1.07 bits per heavy atom. The molecule has 0 unspecified atom stereocenters. The summed E-state index contributed by atoms with van der Waals surface area (Å²) in [6.07, 6.45) is 3.78. The fourth-order valence-electron chi connectivity index (χ4n) is 3.89. The second-order valence-corrected chi connectivity index (χ2v) is 7.64. The van der Waals surface area contributed by atoms with Crippen LogP contribution in [0, 0.1) is 6.92 Å². The Labute approximate surface area is 173 Å². The third-order valence-corrected chi connectivity index (χ3v) is 5.62. The van der Waals surface area contributed by atoms with Crippen LogP contribution in [0.3, 0.4) is 0 Å². The zero-order valence-electron chi connectivity index (χ0n) is 16.7. The van der Waals surface area contributed by atoms with Gasteiger partial charge in [-0.3, -0.25) is 14.2 Å². The highest BCUT2D eigenvalue weighted by Crippen LogP contribution is 2.19. The summed E-state index contributed by atoms with van der Waals surface area (Å²) in [5, 5.41) is 4.73. The van der Waals surface area contributed by atoms with Gasteiger partial charge in [-0.1, -0.05) is 42.0 Å². The summed E-state index contributed by atoms with van der Waals surface area (Å²) in [7, 11) is 0. The van der Waals surface area contributed by atoms with Gasteiger partial charge in [0.2, 0.25) is 5.91 Å². The van der Waals surface area contributed by atoms with E-state index in [1.807, 2.05) is 49.4 Å². The molecule has 0 radical (unpaired) electrons. The minimum Gasteiger partial charge on any atom is -0.336 e. The lowest BCUT2D eigenvalue weighted by atomic mass is 10.00. The topological polar surface area (TPSA) is 73.0 Å². The maximum absolute atomic E-state index is 12.9. The number of fused-ring (bicyclic) bond motifs is 2. The van der Waals surface area contributed by atoms with Crippen LogP contribution in [0.25, 0.3) is 16.7 Å². The maximum Gasteiger partial charge on any atom is 0.264 e. The van der Waals surface area contributed by atoms with Crippen LogP contribution in [0.1, 0.15) is 16.7 Å². The van der Waals surface area contributed by atoms with E-state index in [4.69, 9.17) is 0 Å². The molecule has 30 heavy (non-hydrogen) atoms. The molecule has 2 aromatic heterocycles. The number of carbonyl (C=O) groups is 1. The maximum atomic E-state index is 12.9. The molecule has 7 nitrogen and oxygen atoms in total. The van der Waals surface area contributed by atoms with Gasteiger partial charge >= 0.3 is 0 Å².